The predicted molar refractivity (Wildman–Crippen MR) is 88.0 cm³/mol. The fourth-order valence-corrected chi connectivity index (χ4v) is 4.82. The first-order valence-corrected chi connectivity index (χ1v) is 8.90. The number of hydrogen-bond donors (Lipinski definition) is 1. The lowest BCUT2D eigenvalue weighted by Gasteiger charge is -2.23. The van der Waals surface area contributed by atoms with E-state index in [0.717, 1.165) is 17.7 Å². The molecular formula is C17H23NO4S. The van der Waals surface area contributed by atoms with Crippen molar-refractivity contribution in [2.24, 2.45) is 11.3 Å². The van der Waals surface area contributed by atoms with Gasteiger partial charge in [0.05, 0.1) is 11.5 Å². The number of likely N-dealkylation sites (tertiary alicyclic amines) is 1. The third-order valence-corrected chi connectivity index (χ3v) is 6.28. The molecule has 1 aromatic heterocycles. The third-order valence-electron chi connectivity index (χ3n) is 5.06. The van der Waals surface area contributed by atoms with Crippen LogP contribution in [0.3, 0.4) is 0 Å². The second-order valence-electron chi connectivity index (χ2n) is 6.90. The molecule has 2 unspecified atom stereocenters. The van der Waals surface area contributed by atoms with Crippen LogP contribution in [0, 0.1) is 11.3 Å². The molecule has 126 valence electrons. The van der Waals surface area contributed by atoms with Crippen molar-refractivity contribution in [3.8, 4) is 0 Å². The van der Waals surface area contributed by atoms with Gasteiger partial charge >= 0.3 is 5.97 Å². The molecule has 1 aromatic rings. The Balaban J connectivity index is 1.76. The lowest BCUT2D eigenvalue weighted by molar-refractivity contribution is -0.151. The number of aliphatic carboxylic acids is 1. The van der Waals surface area contributed by atoms with Crippen LogP contribution in [-0.4, -0.2) is 48.7 Å². The van der Waals surface area contributed by atoms with Crippen molar-refractivity contribution in [2.45, 2.75) is 32.6 Å². The number of carbonyl (C=O) groups is 2. The predicted octanol–water partition coefficient (Wildman–Crippen LogP) is 2.44. The molecule has 1 aliphatic carbocycles. The fourth-order valence-electron chi connectivity index (χ4n) is 3.64. The number of aryl methyl sites for hydroxylation is 1. The molecule has 1 fully saturated rings. The van der Waals surface area contributed by atoms with Crippen molar-refractivity contribution in [3.05, 3.63) is 21.4 Å². The van der Waals surface area contributed by atoms with Gasteiger partial charge in [-0.05, 0) is 43.2 Å². The van der Waals surface area contributed by atoms with Gasteiger partial charge in [-0.2, -0.15) is 0 Å². The van der Waals surface area contributed by atoms with E-state index in [2.05, 4.69) is 6.92 Å². The number of carbonyl (C=O) groups excluding carboxylic acids is 1. The van der Waals surface area contributed by atoms with Crippen LogP contribution in [0.25, 0.3) is 0 Å². The molecule has 6 heteroatoms. The van der Waals surface area contributed by atoms with Crippen molar-refractivity contribution in [3.63, 3.8) is 0 Å². The quantitative estimate of drug-likeness (QED) is 0.916. The van der Waals surface area contributed by atoms with Gasteiger partial charge in [0, 0.05) is 25.1 Å². The molecule has 2 aliphatic rings. The lowest BCUT2D eigenvalue weighted by atomic mass is 9.88. The average Bonchev–Trinajstić information content (AvgIpc) is 3.11. The summed E-state index contributed by atoms with van der Waals surface area (Å²) >= 11 is 1.58. The summed E-state index contributed by atoms with van der Waals surface area (Å²) < 4.78 is 5.09. The lowest BCUT2D eigenvalue weighted by Crippen LogP contribution is -2.40. The second-order valence-corrected chi connectivity index (χ2v) is 8.04. The first-order chi connectivity index (χ1) is 10.9. The average molecular weight is 337 g/mol. The molecule has 5 nitrogen and oxygen atoms in total. The van der Waals surface area contributed by atoms with Crippen LogP contribution in [0.15, 0.2) is 6.07 Å². The van der Waals surface area contributed by atoms with Crippen LogP contribution in [0.5, 0.6) is 0 Å². The maximum Gasteiger partial charge on any atom is 0.313 e. The van der Waals surface area contributed by atoms with E-state index in [4.69, 9.17) is 4.74 Å². The molecule has 0 radical (unpaired) electrons. The highest BCUT2D eigenvalue weighted by Crippen LogP contribution is 2.36. The molecule has 3 rings (SSSR count). The summed E-state index contributed by atoms with van der Waals surface area (Å²) in [4.78, 5) is 28.1. The number of fused-ring (bicyclic) bond motifs is 1. The van der Waals surface area contributed by atoms with Crippen LogP contribution in [-0.2, 0) is 22.4 Å². The Labute approximate surface area is 140 Å². The van der Waals surface area contributed by atoms with Crippen molar-refractivity contribution in [1.29, 1.82) is 0 Å². The maximum atomic E-state index is 12.8. The Morgan fingerprint density at radius 3 is 3.00 bits per heavy atom. The summed E-state index contributed by atoms with van der Waals surface area (Å²) in [5.41, 5.74) is 0.341. The molecule has 0 spiro atoms. The van der Waals surface area contributed by atoms with Gasteiger partial charge in [-0.1, -0.05) is 6.92 Å². The Morgan fingerprint density at radius 1 is 1.52 bits per heavy atom. The Morgan fingerprint density at radius 2 is 2.30 bits per heavy atom. The molecule has 1 aliphatic heterocycles. The number of carboxylic acids is 1. The van der Waals surface area contributed by atoms with Gasteiger partial charge in [-0.15, -0.1) is 11.3 Å². The number of hydrogen-bond acceptors (Lipinski definition) is 4. The highest BCUT2D eigenvalue weighted by atomic mass is 32.1. The standard InChI is InChI=1S/C17H23NO4S/c1-11-3-4-13-12(7-11)8-14(23-13)15(19)18-6-5-17(9-18,10-22-2)16(20)21/h8,11H,3-7,9-10H2,1-2H3,(H,20,21). The molecule has 0 aromatic carbocycles. The highest BCUT2D eigenvalue weighted by molar-refractivity contribution is 7.14. The summed E-state index contributed by atoms with van der Waals surface area (Å²) in [6.45, 7) is 3.10. The largest absolute Gasteiger partial charge is 0.481 e. The summed E-state index contributed by atoms with van der Waals surface area (Å²) in [6.07, 6.45) is 3.73. The molecule has 2 atom stereocenters. The van der Waals surface area contributed by atoms with Crippen molar-refractivity contribution >= 4 is 23.2 Å². The van der Waals surface area contributed by atoms with Gasteiger partial charge in [-0.25, -0.2) is 0 Å². The number of ether oxygens (including phenoxy) is 1. The molecule has 1 N–H and O–H groups in total. The number of nitrogens with zero attached hydrogens (tertiary/aromatic N) is 1. The maximum absolute atomic E-state index is 12.8. The minimum Gasteiger partial charge on any atom is -0.481 e. The van der Waals surface area contributed by atoms with E-state index >= 15 is 0 Å². The monoisotopic (exact) mass is 337 g/mol. The van der Waals surface area contributed by atoms with Crippen LogP contribution in [0.1, 0.15) is 39.9 Å². The van der Waals surface area contributed by atoms with E-state index in [0.29, 0.717) is 18.9 Å². The van der Waals surface area contributed by atoms with Crippen molar-refractivity contribution < 1.29 is 19.4 Å². The Hall–Kier alpha value is -1.40. The second kappa shape index (κ2) is 6.24. The molecule has 2 heterocycles. The topological polar surface area (TPSA) is 66.8 Å². The number of rotatable bonds is 4. The van der Waals surface area contributed by atoms with E-state index in [1.807, 2.05) is 6.07 Å². The van der Waals surface area contributed by atoms with Gasteiger partial charge in [0.15, 0.2) is 0 Å². The van der Waals surface area contributed by atoms with E-state index < -0.39 is 11.4 Å². The van der Waals surface area contributed by atoms with Gasteiger partial charge in [-0.3, -0.25) is 9.59 Å². The number of carboxylic acid groups (broad SMARTS) is 1. The van der Waals surface area contributed by atoms with Crippen LogP contribution < -0.4 is 0 Å². The van der Waals surface area contributed by atoms with E-state index in [1.54, 1.807) is 16.2 Å². The first kappa shape index (κ1) is 16.5. The molecule has 23 heavy (non-hydrogen) atoms. The summed E-state index contributed by atoms with van der Waals surface area (Å²) in [7, 11) is 1.50. The molecule has 1 amide bonds. The number of thiophene rings is 1. The molecular weight excluding hydrogens is 314 g/mol. The van der Waals surface area contributed by atoms with E-state index in [-0.39, 0.29) is 19.1 Å². The van der Waals surface area contributed by atoms with Gasteiger partial charge in [0.1, 0.15) is 5.41 Å². The van der Waals surface area contributed by atoms with Crippen LogP contribution >= 0.6 is 11.3 Å². The fraction of sp³-hybridized carbons (Fsp3) is 0.647. The zero-order valence-electron chi connectivity index (χ0n) is 13.6. The van der Waals surface area contributed by atoms with E-state index in [9.17, 15) is 14.7 Å². The summed E-state index contributed by atoms with van der Waals surface area (Å²) in [6, 6.07) is 2.02. The van der Waals surface area contributed by atoms with Crippen LogP contribution in [0.4, 0.5) is 0 Å². The summed E-state index contributed by atoms with van der Waals surface area (Å²) in [5, 5.41) is 9.51. The molecule has 1 saturated heterocycles. The minimum absolute atomic E-state index is 0.0312. The normalized spacial score (nSPS) is 27.0. The number of amides is 1. The highest BCUT2D eigenvalue weighted by Gasteiger charge is 2.46. The first-order valence-electron chi connectivity index (χ1n) is 8.08. The zero-order valence-corrected chi connectivity index (χ0v) is 14.4. The van der Waals surface area contributed by atoms with Gasteiger partial charge < -0.3 is 14.7 Å². The van der Waals surface area contributed by atoms with E-state index in [1.165, 1.54) is 24.0 Å². The molecule has 0 saturated carbocycles. The van der Waals surface area contributed by atoms with Crippen LogP contribution in [0.2, 0.25) is 0 Å². The van der Waals surface area contributed by atoms with Crippen molar-refractivity contribution in [2.75, 3.05) is 26.8 Å². The Bertz CT molecular complexity index is 626. The minimum atomic E-state index is -0.962. The van der Waals surface area contributed by atoms with Gasteiger partial charge in [0.2, 0.25) is 0 Å². The zero-order chi connectivity index (χ0) is 16.6. The summed E-state index contributed by atoms with van der Waals surface area (Å²) in [5.74, 6) is -0.238. The Kier molecular flexibility index (Phi) is 4.47. The third kappa shape index (κ3) is 3.02. The van der Waals surface area contributed by atoms with Gasteiger partial charge in [0.25, 0.3) is 5.91 Å². The molecule has 0 bridgehead atoms. The van der Waals surface area contributed by atoms with Crippen molar-refractivity contribution in [1.82, 2.24) is 4.90 Å². The SMILES string of the molecule is COCC1(C(=O)O)CCN(C(=O)c2cc3c(s2)CCC(C)C3)C1. The number of methoxy groups -OCH3 is 1. The smallest absolute Gasteiger partial charge is 0.313 e.